The summed E-state index contributed by atoms with van der Waals surface area (Å²) in [6.45, 7) is 6.09. The van der Waals surface area contributed by atoms with Gasteiger partial charge in [-0.3, -0.25) is 0 Å². The Bertz CT molecular complexity index is 297. The summed E-state index contributed by atoms with van der Waals surface area (Å²) >= 11 is 0. The molecule has 1 N–H and O–H groups in total. The third kappa shape index (κ3) is 2.48. The number of hydrogen-bond acceptors (Lipinski definition) is 1. The lowest BCUT2D eigenvalue weighted by atomic mass is 10.1. The van der Waals surface area contributed by atoms with E-state index in [4.69, 9.17) is 0 Å². The molecule has 0 atom stereocenters. The van der Waals surface area contributed by atoms with Crippen LogP contribution in [0, 0.1) is 0 Å². The topological polar surface area (TPSA) is 12.0 Å². The summed E-state index contributed by atoms with van der Waals surface area (Å²) in [6, 6.07) is 0. The van der Waals surface area contributed by atoms with Crippen molar-refractivity contribution in [2.24, 2.45) is 0 Å². The predicted octanol–water partition coefficient (Wildman–Crippen LogP) is 2.58. The van der Waals surface area contributed by atoms with Crippen LogP contribution in [0.1, 0.15) is 6.92 Å². The van der Waals surface area contributed by atoms with Gasteiger partial charge in [0.05, 0.1) is 5.57 Å². The predicted molar refractivity (Wildman–Crippen MR) is 49.9 cm³/mol. The Balaban J connectivity index is 2.89. The second kappa shape index (κ2) is 4.00. The van der Waals surface area contributed by atoms with Crippen molar-refractivity contribution in [2.45, 2.75) is 13.1 Å². The quantitative estimate of drug-likeness (QED) is 0.690. The molecule has 0 saturated carbocycles. The molecule has 1 saturated heterocycles. The minimum absolute atomic E-state index is 0.465. The SMILES string of the molecule is C=C1CNC/C1=C/C(=C\C)C(F)(F)F. The molecule has 0 spiro atoms. The Kier molecular flexibility index (Phi) is 3.16. The van der Waals surface area contributed by atoms with Crippen LogP contribution in [0.3, 0.4) is 0 Å². The molecule has 0 aromatic heterocycles. The average Bonchev–Trinajstić information content (AvgIpc) is 2.45. The Labute approximate surface area is 81.0 Å². The van der Waals surface area contributed by atoms with E-state index in [0.29, 0.717) is 18.7 Å². The molecule has 78 valence electrons. The van der Waals surface area contributed by atoms with E-state index in [9.17, 15) is 13.2 Å². The Morgan fingerprint density at radius 3 is 2.43 bits per heavy atom. The molecule has 1 rings (SSSR count). The van der Waals surface area contributed by atoms with Gasteiger partial charge in [0.25, 0.3) is 0 Å². The highest BCUT2D eigenvalue weighted by atomic mass is 19.4. The van der Waals surface area contributed by atoms with Gasteiger partial charge in [-0.25, -0.2) is 0 Å². The van der Waals surface area contributed by atoms with E-state index in [1.54, 1.807) is 0 Å². The summed E-state index contributed by atoms with van der Waals surface area (Å²) in [5, 5.41) is 2.94. The molecule has 14 heavy (non-hydrogen) atoms. The van der Waals surface area contributed by atoms with Crippen molar-refractivity contribution in [1.82, 2.24) is 5.32 Å². The highest BCUT2D eigenvalue weighted by molar-refractivity contribution is 5.41. The molecule has 1 heterocycles. The van der Waals surface area contributed by atoms with Crippen LogP contribution in [0.25, 0.3) is 0 Å². The van der Waals surface area contributed by atoms with Gasteiger partial charge in [0.1, 0.15) is 0 Å². The van der Waals surface area contributed by atoms with Crippen LogP contribution < -0.4 is 5.32 Å². The number of nitrogens with one attached hydrogen (secondary N) is 1. The van der Waals surface area contributed by atoms with Crippen LogP contribution in [0.4, 0.5) is 13.2 Å². The second-order valence-electron chi connectivity index (χ2n) is 3.12. The maximum atomic E-state index is 12.3. The monoisotopic (exact) mass is 203 g/mol. The lowest BCUT2D eigenvalue weighted by molar-refractivity contribution is -0.0883. The van der Waals surface area contributed by atoms with Crippen LogP contribution in [0.15, 0.2) is 35.5 Å². The summed E-state index contributed by atoms with van der Waals surface area (Å²) < 4.78 is 37.0. The molecular weight excluding hydrogens is 191 g/mol. The summed E-state index contributed by atoms with van der Waals surface area (Å²) in [6.07, 6.45) is -2.05. The number of alkyl halides is 3. The molecule has 0 unspecified atom stereocenters. The summed E-state index contributed by atoms with van der Waals surface area (Å²) in [5.74, 6) is 0. The zero-order valence-electron chi connectivity index (χ0n) is 7.91. The standard InChI is InChI=1S/C10H12F3N/c1-3-9(10(11,12)13)4-8-6-14-5-7(8)2/h3-4,14H,2,5-6H2,1H3/b8-4-,9-3+. The summed E-state index contributed by atoms with van der Waals surface area (Å²) in [7, 11) is 0. The van der Waals surface area contributed by atoms with Crippen LogP contribution in [-0.2, 0) is 0 Å². The molecule has 1 aliphatic rings. The summed E-state index contributed by atoms with van der Waals surface area (Å²) in [5.41, 5.74) is 0.751. The van der Waals surface area contributed by atoms with E-state index >= 15 is 0 Å². The van der Waals surface area contributed by atoms with Gasteiger partial charge in [-0.15, -0.1) is 0 Å². The van der Waals surface area contributed by atoms with Crippen molar-refractivity contribution in [2.75, 3.05) is 13.1 Å². The maximum absolute atomic E-state index is 12.3. The van der Waals surface area contributed by atoms with Crippen molar-refractivity contribution in [3.8, 4) is 0 Å². The largest absolute Gasteiger partial charge is 0.416 e. The maximum Gasteiger partial charge on any atom is 0.416 e. The van der Waals surface area contributed by atoms with Crippen LogP contribution in [-0.4, -0.2) is 19.3 Å². The van der Waals surface area contributed by atoms with Gasteiger partial charge in [0.2, 0.25) is 0 Å². The van der Waals surface area contributed by atoms with E-state index in [2.05, 4.69) is 11.9 Å². The minimum Gasteiger partial charge on any atom is -0.309 e. The molecule has 0 aromatic rings. The Morgan fingerprint density at radius 2 is 2.07 bits per heavy atom. The lowest BCUT2D eigenvalue weighted by Gasteiger charge is -2.08. The molecule has 0 aromatic carbocycles. The van der Waals surface area contributed by atoms with Crippen LogP contribution >= 0.6 is 0 Å². The Morgan fingerprint density at radius 1 is 1.43 bits per heavy atom. The molecule has 1 aliphatic heterocycles. The van der Waals surface area contributed by atoms with Crippen molar-refractivity contribution >= 4 is 0 Å². The van der Waals surface area contributed by atoms with E-state index in [-0.39, 0.29) is 0 Å². The van der Waals surface area contributed by atoms with E-state index in [0.717, 1.165) is 17.7 Å². The van der Waals surface area contributed by atoms with Gasteiger partial charge in [0, 0.05) is 13.1 Å². The van der Waals surface area contributed by atoms with Crippen molar-refractivity contribution in [1.29, 1.82) is 0 Å². The molecule has 1 fully saturated rings. The smallest absolute Gasteiger partial charge is 0.309 e. The van der Waals surface area contributed by atoms with E-state index in [1.165, 1.54) is 6.92 Å². The third-order valence-electron chi connectivity index (χ3n) is 2.08. The minimum atomic E-state index is -4.27. The van der Waals surface area contributed by atoms with Gasteiger partial charge in [-0.1, -0.05) is 12.7 Å². The van der Waals surface area contributed by atoms with Crippen molar-refractivity contribution < 1.29 is 13.2 Å². The normalized spacial score (nSPS) is 22.1. The molecule has 0 radical (unpaired) electrons. The van der Waals surface area contributed by atoms with Crippen molar-refractivity contribution in [3.63, 3.8) is 0 Å². The second-order valence-corrected chi connectivity index (χ2v) is 3.12. The molecule has 0 amide bonds. The number of allylic oxidation sites excluding steroid dienone is 3. The van der Waals surface area contributed by atoms with Gasteiger partial charge >= 0.3 is 6.18 Å². The van der Waals surface area contributed by atoms with E-state index < -0.39 is 11.7 Å². The fraction of sp³-hybridized carbons (Fsp3) is 0.400. The average molecular weight is 203 g/mol. The zero-order valence-corrected chi connectivity index (χ0v) is 7.91. The molecule has 0 aliphatic carbocycles. The molecule has 0 bridgehead atoms. The molecular formula is C10H12F3N. The van der Waals surface area contributed by atoms with Gasteiger partial charge in [-0.2, -0.15) is 13.2 Å². The van der Waals surface area contributed by atoms with Crippen molar-refractivity contribution in [3.05, 3.63) is 35.5 Å². The highest BCUT2D eigenvalue weighted by Gasteiger charge is 2.31. The fourth-order valence-electron chi connectivity index (χ4n) is 1.26. The van der Waals surface area contributed by atoms with Crippen LogP contribution in [0.5, 0.6) is 0 Å². The molecule has 1 nitrogen and oxygen atoms in total. The number of rotatable bonds is 1. The number of hydrogen-bond donors (Lipinski definition) is 1. The van der Waals surface area contributed by atoms with Gasteiger partial charge < -0.3 is 5.32 Å². The first-order valence-corrected chi connectivity index (χ1v) is 4.28. The van der Waals surface area contributed by atoms with Gasteiger partial charge in [-0.05, 0) is 24.1 Å². The lowest BCUT2D eigenvalue weighted by Crippen LogP contribution is -2.11. The van der Waals surface area contributed by atoms with Crippen LogP contribution in [0.2, 0.25) is 0 Å². The third-order valence-corrected chi connectivity index (χ3v) is 2.08. The van der Waals surface area contributed by atoms with Gasteiger partial charge in [0.15, 0.2) is 0 Å². The van der Waals surface area contributed by atoms with E-state index in [1.807, 2.05) is 0 Å². The zero-order chi connectivity index (χ0) is 10.8. The fourth-order valence-corrected chi connectivity index (χ4v) is 1.26. The first-order valence-electron chi connectivity index (χ1n) is 4.28. The molecule has 4 heteroatoms. The summed E-state index contributed by atoms with van der Waals surface area (Å²) in [4.78, 5) is 0. The first-order chi connectivity index (χ1) is 6.45. The first kappa shape index (κ1) is 11.0. The number of halogens is 3. The highest BCUT2D eigenvalue weighted by Crippen LogP contribution is 2.28. The Hall–Kier alpha value is -1.03.